The lowest BCUT2D eigenvalue weighted by Gasteiger charge is -2.26. The Kier molecular flexibility index (Phi) is 4.85. The zero-order chi connectivity index (χ0) is 10.6. The highest BCUT2D eigenvalue weighted by atomic mass is 16.3. The van der Waals surface area contributed by atoms with Gasteiger partial charge in [0.2, 0.25) is 0 Å². The van der Waals surface area contributed by atoms with Gasteiger partial charge in [-0.15, -0.1) is 0 Å². The number of rotatable bonds is 7. The van der Waals surface area contributed by atoms with Crippen LogP contribution in [-0.2, 0) is 0 Å². The quantitative estimate of drug-likeness (QED) is 0.639. The van der Waals surface area contributed by atoms with Crippen LogP contribution in [-0.4, -0.2) is 41.8 Å². The third-order valence-electron chi connectivity index (χ3n) is 2.63. The summed E-state index contributed by atoms with van der Waals surface area (Å²) in [5.74, 6) is 0.705. The van der Waals surface area contributed by atoms with E-state index < -0.39 is 0 Å². The maximum absolute atomic E-state index is 8.79. The number of nitrogens with zero attached hydrogens (tertiary/aromatic N) is 1. The summed E-state index contributed by atoms with van der Waals surface area (Å²) >= 11 is 0. The summed E-state index contributed by atoms with van der Waals surface area (Å²) in [4.78, 5) is 2.49. The van der Waals surface area contributed by atoms with Crippen molar-refractivity contribution in [3.05, 3.63) is 0 Å². The Hall–Kier alpha value is -0.120. The minimum Gasteiger partial charge on any atom is -0.396 e. The highest BCUT2D eigenvalue weighted by molar-refractivity contribution is 4.86. The molecular weight excluding hydrogens is 176 g/mol. The van der Waals surface area contributed by atoms with E-state index in [-0.39, 0.29) is 12.6 Å². The lowest BCUT2D eigenvalue weighted by Crippen LogP contribution is -2.41. The number of aliphatic hydroxyl groups is 1. The average Bonchev–Trinajstić information content (AvgIpc) is 2.84. The molecule has 0 aliphatic heterocycles. The molecule has 1 aliphatic carbocycles. The lowest BCUT2D eigenvalue weighted by molar-refractivity contribution is 0.201. The van der Waals surface area contributed by atoms with Crippen molar-refractivity contribution in [1.82, 2.24) is 4.90 Å². The molecule has 84 valence electrons. The van der Waals surface area contributed by atoms with Crippen LogP contribution >= 0.6 is 0 Å². The minimum absolute atomic E-state index is 0.138. The van der Waals surface area contributed by atoms with E-state index in [2.05, 4.69) is 18.7 Å². The topological polar surface area (TPSA) is 49.5 Å². The van der Waals surface area contributed by atoms with Gasteiger partial charge in [0.25, 0.3) is 0 Å². The summed E-state index contributed by atoms with van der Waals surface area (Å²) in [5.41, 5.74) is 5.92. The Bertz CT molecular complexity index is 157. The standard InChI is InChI=1S/C11H24N2O/c1-9(2)7-13(11-3-4-11)8-10(12)5-6-14/h9-11,14H,3-8,12H2,1-2H3. The zero-order valence-corrected chi connectivity index (χ0v) is 9.45. The van der Waals surface area contributed by atoms with Gasteiger partial charge in [-0.3, -0.25) is 4.90 Å². The summed E-state index contributed by atoms with van der Waals surface area (Å²) in [6, 6.07) is 0.918. The van der Waals surface area contributed by atoms with E-state index in [1.807, 2.05) is 0 Å². The molecule has 0 saturated heterocycles. The minimum atomic E-state index is 0.138. The van der Waals surface area contributed by atoms with Gasteiger partial charge in [-0.25, -0.2) is 0 Å². The maximum atomic E-state index is 8.79. The van der Waals surface area contributed by atoms with E-state index in [0.29, 0.717) is 5.92 Å². The Morgan fingerprint density at radius 2 is 2.00 bits per heavy atom. The van der Waals surface area contributed by atoms with Crippen molar-refractivity contribution in [2.24, 2.45) is 11.7 Å². The largest absolute Gasteiger partial charge is 0.396 e. The van der Waals surface area contributed by atoms with Gasteiger partial charge in [0.1, 0.15) is 0 Å². The fraction of sp³-hybridized carbons (Fsp3) is 1.00. The summed E-state index contributed by atoms with van der Waals surface area (Å²) < 4.78 is 0. The normalized spacial score (nSPS) is 19.3. The summed E-state index contributed by atoms with van der Waals surface area (Å²) in [7, 11) is 0. The van der Waals surface area contributed by atoms with Crippen LogP contribution in [0.15, 0.2) is 0 Å². The third kappa shape index (κ3) is 4.40. The van der Waals surface area contributed by atoms with E-state index >= 15 is 0 Å². The van der Waals surface area contributed by atoms with Gasteiger partial charge in [-0.2, -0.15) is 0 Å². The highest BCUT2D eigenvalue weighted by Crippen LogP contribution is 2.27. The first-order chi connectivity index (χ1) is 6.63. The van der Waals surface area contributed by atoms with Gasteiger partial charge in [-0.05, 0) is 25.2 Å². The monoisotopic (exact) mass is 200 g/mol. The predicted octanol–water partition coefficient (Wildman–Crippen LogP) is 0.817. The summed E-state index contributed by atoms with van der Waals surface area (Å²) in [6.07, 6.45) is 3.39. The molecule has 3 heteroatoms. The van der Waals surface area contributed by atoms with E-state index in [9.17, 15) is 0 Å². The lowest BCUT2D eigenvalue weighted by atomic mass is 10.1. The molecule has 0 heterocycles. The molecule has 1 rings (SSSR count). The van der Waals surface area contributed by atoms with E-state index in [1.165, 1.54) is 12.8 Å². The van der Waals surface area contributed by atoms with Gasteiger partial charge in [0, 0.05) is 31.8 Å². The van der Waals surface area contributed by atoms with Crippen LogP contribution in [0.4, 0.5) is 0 Å². The van der Waals surface area contributed by atoms with E-state index in [1.54, 1.807) is 0 Å². The van der Waals surface area contributed by atoms with Gasteiger partial charge < -0.3 is 10.8 Å². The predicted molar refractivity (Wildman–Crippen MR) is 59.1 cm³/mol. The summed E-state index contributed by atoms with van der Waals surface area (Å²) in [5, 5.41) is 8.79. The molecule has 1 saturated carbocycles. The molecule has 1 aliphatic rings. The molecule has 1 unspecified atom stereocenters. The highest BCUT2D eigenvalue weighted by Gasteiger charge is 2.29. The second kappa shape index (κ2) is 5.69. The molecule has 1 atom stereocenters. The van der Waals surface area contributed by atoms with E-state index in [4.69, 9.17) is 10.8 Å². The van der Waals surface area contributed by atoms with Crippen LogP contribution in [0.5, 0.6) is 0 Å². The number of hydrogen-bond donors (Lipinski definition) is 2. The van der Waals surface area contributed by atoms with Crippen molar-refractivity contribution >= 4 is 0 Å². The first kappa shape index (κ1) is 12.0. The first-order valence-electron chi connectivity index (χ1n) is 5.74. The second-order valence-corrected chi connectivity index (χ2v) is 4.85. The molecule has 0 bridgehead atoms. The molecular formula is C11H24N2O. The van der Waals surface area contributed by atoms with E-state index in [0.717, 1.165) is 25.6 Å². The van der Waals surface area contributed by atoms with Crippen LogP contribution in [0.2, 0.25) is 0 Å². The Morgan fingerprint density at radius 1 is 1.36 bits per heavy atom. The fourth-order valence-corrected chi connectivity index (χ4v) is 1.84. The zero-order valence-electron chi connectivity index (χ0n) is 9.45. The van der Waals surface area contributed by atoms with Crippen molar-refractivity contribution in [3.63, 3.8) is 0 Å². The Morgan fingerprint density at radius 3 is 2.43 bits per heavy atom. The van der Waals surface area contributed by atoms with Crippen LogP contribution < -0.4 is 5.73 Å². The van der Waals surface area contributed by atoms with Crippen molar-refractivity contribution in [2.75, 3.05) is 19.7 Å². The van der Waals surface area contributed by atoms with Crippen molar-refractivity contribution in [3.8, 4) is 0 Å². The molecule has 14 heavy (non-hydrogen) atoms. The van der Waals surface area contributed by atoms with Crippen molar-refractivity contribution in [2.45, 2.75) is 45.2 Å². The molecule has 3 N–H and O–H groups in total. The number of hydrogen-bond acceptors (Lipinski definition) is 3. The van der Waals surface area contributed by atoms with Gasteiger partial charge in [-0.1, -0.05) is 13.8 Å². The molecule has 0 aromatic heterocycles. The van der Waals surface area contributed by atoms with Crippen LogP contribution in [0, 0.1) is 5.92 Å². The molecule has 0 radical (unpaired) electrons. The van der Waals surface area contributed by atoms with Gasteiger partial charge in [0.05, 0.1) is 0 Å². The molecule has 0 aromatic rings. The maximum Gasteiger partial charge on any atom is 0.0446 e. The fourth-order valence-electron chi connectivity index (χ4n) is 1.84. The Labute approximate surface area is 87.3 Å². The van der Waals surface area contributed by atoms with Gasteiger partial charge >= 0.3 is 0 Å². The summed E-state index contributed by atoms with van der Waals surface area (Å²) in [6.45, 7) is 6.79. The average molecular weight is 200 g/mol. The van der Waals surface area contributed by atoms with Crippen LogP contribution in [0.3, 0.4) is 0 Å². The van der Waals surface area contributed by atoms with Crippen LogP contribution in [0.25, 0.3) is 0 Å². The Balaban J connectivity index is 2.27. The molecule has 3 nitrogen and oxygen atoms in total. The SMILES string of the molecule is CC(C)CN(CC(N)CCO)C1CC1. The first-order valence-corrected chi connectivity index (χ1v) is 5.74. The molecule has 1 fully saturated rings. The molecule has 0 amide bonds. The molecule has 0 aromatic carbocycles. The van der Waals surface area contributed by atoms with Crippen molar-refractivity contribution < 1.29 is 5.11 Å². The third-order valence-corrected chi connectivity index (χ3v) is 2.63. The van der Waals surface area contributed by atoms with Crippen molar-refractivity contribution in [1.29, 1.82) is 0 Å². The van der Waals surface area contributed by atoms with Crippen LogP contribution in [0.1, 0.15) is 33.1 Å². The number of nitrogens with two attached hydrogens (primary N) is 1. The van der Waals surface area contributed by atoms with Gasteiger partial charge in [0.15, 0.2) is 0 Å². The second-order valence-electron chi connectivity index (χ2n) is 4.85. The smallest absolute Gasteiger partial charge is 0.0446 e. The number of aliphatic hydroxyl groups excluding tert-OH is 1. The molecule has 0 spiro atoms.